The maximum absolute atomic E-state index is 12.6. The molecule has 0 bridgehead atoms. The summed E-state index contributed by atoms with van der Waals surface area (Å²) in [5.74, 6) is -0.619. The predicted octanol–water partition coefficient (Wildman–Crippen LogP) is 2.88. The zero-order chi connectivity index (χ0) is 20.8. The molecule has 0 atom stereocenters. The minimum absolute atomic E-state index is 0.0122. The van der Waals surface area contributed by atoms with Gasteiger partial charge in [-0.25, -0.2) is 4.79 Å². The highest BCUT2D eigenvalue weighted by atomic mass is 16.6. The highest BCUT2D eigenvalue weighted by Crippen LogP contribution is 2.36. The van der Waals surface area contributed by atoms with E-state index in [1.165, 1.54) is 0 Å². The van der Waals surface area contributed by atoms with E-state index in [2.05, 4.69) is 5.32 Å². The fourth-order valence-electron chi connectivity index (χ4n) is 3.26. The lowest BCUT2D eigenvalue weighted by molar-refractivity contribution is -0.153. The first-order valence-corrected chi connectivity index (χ1v) is 9.55. The predicted molar refractivity (Wildman–Crippen MR) is 104 cm³/mol. The summed E-state index contributed by atoms with van der Waals surface area (Å²) in [5, 5.41) is 2.66. The van der Waals surface area contributed by atoms with E-state index in [-0.39, 0.29) is 18.9 Å². The van der Waals surface area contributed by atoms with Crippen LogP contribution < -0.4 is 5.32 Å². The lowest BCUT2D eigenvalue weighted by Crippen LogP contribution is -2.51. The average Bonchev–Trinajstić information content (AvgIpc) is 2.65. The monoisotopic (exact) mass is 390 g/mol. The van der Waals surface area contributed by atoms with Gasteiger partial charge in [-0.05, 0) is 39.2 Å². The van der Waals surface area contributed by atoms with Crippen LogP contribution in [0.1, 0.15) is 45.6 Å². The molecule has 0 radical (unpaired) electrons. The van der Waals surface area contributed by atoms with Crippen LogP contribution in [0.5, 0.6) is 0 Å². The van der Waals surface area contributed by atoms with Gasteiger partial charge in [0.25, 0.3) is 0 Å². The van der Waals surface area contributed by atoms with Crippen molar-refractivity contribution in [1.29, 1.82) is 0 Å². The molecule has 1 aliphatic heterocycles. The number of esters is 1. The van der Waals surface area contributed by atoms with Crippen LogP contribution in [0.3, 0.4) is 0 Å². The maximum atomic E-state index is 12.6. The third kappa shape index (κ3) is 5.97. The molecule has 0 aliphatic carbocycles. The van der Waals surface area contributed by atoms with Crippen molar-refractivity contribution in [3.05, 3.63) is 35.9 Å². The molecule has 1 N–H and O–H groups in total. The lowest BCUT2D eigenvalue weighted by atomic mass is 9.75. The average molecular weight is 390 g/mol. The van der Waals surface area contributed by atoms with Crippen LogP contribution >= 0.6 is 0 Å². The highest BCUT2D eigenvalue weighted by molar-refractivity contribution is 5.87. The van der Waals surface area contributed by atoms with Gasteiger partial charge in [0, 0.05) is 20.1 Å². The number of hydrogen-bond acceptors (Lipinski definition) is 5. The van der Waals surface area contributed by atoms with E-state index in [9.17, 15) is 14.4 Å². The molecule has 2 amide bonds. The second-order valence-corrected chi connectivity index (χ2v) is 8.15. The van der Waals surface area contributed by atoms with E-state index in [1.54, 1.807) is 11.9 Å². The number of amides is 2. The number of hydrogen-bond donors (Lipinski definition) is 1. The number of ether oxygens (including phenoxy) is 2. The summed E-state index contributed by atoms with van der Waals surface area (Å²) in [5.41, 5.74) is -0.557. The van der Waals surface area contributed by atoms with Crippen molar-refractivity contribution < 1.29 is 23.9 Å². The highest BCUT2D eigenvalue weighted by Gasteiger charge is 2.44. The van der Waals surface area contributed by atoms with E-state index in [0.29, 0.717) is 25.9 Å². The van der Waals surface area contributed by atoms with Gasteiger partial charge in [-0.15, -0.1) is 0 Å². The molecule has 0 aromatic heterocycles. The van der Waals surface area contributed by atoms with Crippen molar-refractivity contribution in [2.45, 2.75) is 52.2 Å². The fraction of sp³-hybridized carbons (Fsp3) is 0.571. The van der Waals surface area contributed by atoms with Gasteiger partial charge in [-0.1, -0.05) is 30.3 Å². The van der Waals surface area contributed by atoms with Crippen molar-refractivity contribution >= 4 is 18.0 Å². The third-order valence-electron chi connectivity index (χ3n) is 4.81. The van der Waals surface area contributed by atoms with Gasteiger partial charge < -0.3 is 19.7 Å². The number of rotatable bonds is 5. The maximum Gasteiger partial charge on any atom is 0.410 e. The Morgan fingerprint density at radius 1 is 1.11 bits per heavy atom. The Bertz CT molecular complexity index is 688. The van der Waals surface area contributed by atoms with Crippen LogP contribution in [0.4, 0.5) is 4.79 Å². The Morgan fingerprint density at radius 2 is 1.71 bits per heavy atom. The SMILES string of the molecule is CNC(=O)C1(CC(=O)OCc2ccccc2)CCN(C(=O)OC(C)(C)C)CC1. The molecule has 1 aromatic carbocycles. The molecule has 0 unspecified atom stereocenters. The first kappa shape index (κ1) is 21.7. The van der Waals surface area contributed by atoms with Gasteiger partial charge in [0.15, 0.2) is 0 Å². The molecule has 0 saturated carbocycles. The van der Waals surface area contributed by atoms with Crippen LogP contribution in [-0.4, -0.2) is 48.6 Å². The number of benzene rings is 1. The summed E-state index contributed by atoms with van der Waals surface area (Å²) in [6.45, 7) is 6.32. The number of nitrogens with one attached hydrogen (secondary N) is 1. The molecule has 28 heavy (non-hydrogen) atoms. The fourth-order valence-corrected chi connectivity index (χ4v) is 3.26. The molecule has 0 spiro atoms. The largest absolute Gasteiger partial charge is 0.461 e. The van der Waals surface area contributed by atoms with E-state index in [4.69, 9.17) is 9.47 Å². The van der Waals surface area contributed by atoms with Crippen molar-refractivity contribution in [2.24, 2.45) is 5.41 Å². The summed E-state index contributed by atoms with van der Waals surface area (Å²) in [6.07, 6.45) is 0.352. The quantitative estimate of drug-likeness (QED) is 0.782. The second-order valence-electron chi connectivity index (χ2n) is 8.15. The summed E-state index contributed by atoms with van der Waals surface area (Å²) < 4.78 is 10.8. The van der Waals surface area contributed by atoms with Gasteiger partial charge >= 0.3 is 12.1 Å². The summed E-state index contributed by atoms with van der Waals surface area (Å²) >= 11 is 0. The summed E-state index contributed by atoms with van der Waals surface area (Å²) in [6, 6.07) is 9.40. The van der Waals surface area contributed by atoms with E-state index in [0.717, 1.165) is 5.56 Å². The molecule has 7 nitrogen and oxygen atoms in total. The molecule has 1 aliphatic rings. The second kappa shape index (κ2) is 9.08. The van der Waals surface area contributed by atoms with Crippen LogP contribution in [0.2, 0.25) is 0 Å². The van der Waals surface area contributed by atoms with E-state index in [1.807, 2.05) is 51.1 Å². The minimum Gasteiger partial charge on any atom is -0.461 e. The Labute approximate surface area is 166 Å². The van der Waals surface area contributed by atoms with Gasteiger partial charge in [0.2, 0.25) is 5.91 Å². The Balaban J connectivity index is 1.97. The van der Waals surface area contributed by atoms with Crippen LogP contribution in [0, 0.1) is 5.41 Å². The van der Waals surface area contributed by atoms with Gasteiger partial charge in [-0.3, -0.25) is 9.59 Å². The third-order valence-corrected chi connectivity index (χ3v) is 4.81. The zero-order valence-electron chi connectivity index (χ0n) is 17.1. The van der Waals surface area contributed by atoms with Crippen molar-refractivity contribution in [2.75, 3.05) is 20.1 Å². The molecule has 2 rings (SSSR count). The molecule has 1 fully saturated rings. The minimum atomic E-state index is -0.874. The molecular weight excluding hydrogens is 360 g/mol. The van der Waals surface area contributed by atoms with Crippen LogP contribution in [0.25, 0.3) is 0 Å². The standard InChI is InChI=1S/C21H30N2O5/c1-20(2,3)28-19(26)23-12-10-21(11-13-23,18(25)22-4)14-17(24)27-15-16-8-6-5-7-9-16/h5-9H,10-15H2,1-4H3,(H,22,25). The van der Waals surface area contributed by atoms with E-state index >= 15 is 0 Å². The molecule has 1 saturated heterocycles. The molecule has 154 valence electrons. The zero-order valence-corrected chi connectivity index (χ0v) is 17.1. The first-order chi connectivity index (χ1) is 13.1. The number of piperidine rings is 1. The topological polar surface area (TPSA) is 84.9 Å². The molecule has 1 heterocycles. The lowest BCUT2D eigenvalue weighted by Gasteiger charge is -2.40. The summed E-state index contributed by atoms with van der Waals surface area (Å²) in [4.78, 5) is 38.8. The Hall–Kier alpha value is -2.57. The molecule has 7 heteroatoms. The van der Waals surface area contributed by atoms with Gasteiger partial charge in [0.1, 0.15) is 12.2 Å². The van der Waals surface area contributed by atoms with Crippen molar-refractivity contribution in [1.82, 2.24) is 10.2 Å². The van der Waals surface area contributed by atoms with E-state index < -0.39 is 23.1 Å². The van der Waals surface area contributed by atoms with Gasteiger partial charge in [-0.2, -0.15) is 0 Å². The number of nitrogens with zero attached hydrogens (tertiary/aromatic N) is 1. The summed E-state index contributed by atoms with van der Waals surface area (Å²) in [7, 11) is 1.56. The number of likely N-dealkylation sites (tertiary alicyclic amines) is 1. The van der Waals surface area contributed by atoms with Crippen LogP contribution in [-0.2, 0) is 25.7 Å². The number of carbonyl (C=O) groups is 3. The van der Waals surface area contributed by atoms with Gasteiger partial charge in [0.05, 0.1) is 11.8 Å². The van der Waals surface area contributed by atoms with Crippen molar-refractivity contribution in [3.8, 4) is 0 Å². The Kier molecular flexibility index (Phi) is 7.05. The molecular formula is C21H30N2O5. The smallest absolute Gasteiger partial charge is 0.410 e. The number of carbonyl (C=O) groups excluding carboxylic acids is 3. The molecule has 1 aromatic rings. The van der Waals surface area contributed by atoms with Crippen LogP contribution in [0.15, 0.2) is 30.3 Å². The van der Waals surface area contributed by atoms with Crippen molar-refractivity contribution in [3.63, 3.8) is 0 Å². The normalized spacial score (nSPS) is 16.2. The first-order valence-electron chi connectivity index (χ1n) is 9.55. The Morgan fingerprint density at radius 3 is 2.25 bits per heavy atom.